The molecule has 29 heavy (non-hydrogen) atoms. The standard InChI is InChI=1S/C23H27N3O3/c27-20(26(18-12-13-18)17-9-2-1-3-10-17)15-25-21(28)23(24-22(25)29)14-6-8-16-7-4-5-11-19(16)23/h4-5,7,9,11,18H,1-3,6,8,10,12-15H2,(H,24,29)/t23-/m0/s1. The van der Waals surface area contributed by atoms with E-state index in [0.717, 1.165) is 73.1 Å². The van der Waals surface area contributed by atoms with E-state index in [1.807, 2.05) is 29.2 Å². The molecule has 1 spiro atoms. The van der Waals surface area contributed by atoms with Crippen molar-refractivity contribution in [2.24, 2.45) is 0 Å². The van der Waals surface area contributed by atoms with Crippen LogP contribution in [0.5, 0.6) is 0 Å². The Morgan fingerprint density at radius 1 is 1.14 bits per heavy atom. The normalized spacial score (nSPS) is 26.2. The summed E-state index contributed by atoms with van der Waals surface area (Å²) in [5.41, 5.74) is 2.05. The fraction of sp³-hybridized carbons (Fsp3) is 0.522. The van der Waals surface area contributed by atoms with Gasteiger partial charge in [-0.15, -0.1) is 0 Å². The highest BCUT2D eigenvalue weighted by molar-refractivity contribution is 6.09. The molecule has 1 aromatic carbocycles. The Morgan fingerprint density at radius 3 is 2.72 bits per heavy atom. The van der Waals surface area contributed by atoms with Gasteiger partial charge in [0.15, 0.2) is 0 Å². The molecule has 1 N–H and O–H groups in total. The lowest BCUT2D eigenvalue weighted by molar-refractivity contribution is -0.138. The molecule has 1 saturated heterocycles. The smallest absolute Gasteiger partial charge is 0.319 e. The first-order chi connectivity index (χ1) is 14.1. The summed E-state index contributed by atoms with van der Waals surface area (Å²) in [6.45, 7) is -0.178. The summed E-state index contributed by atoms with van der Waals surface area (Å²) in [5, 5.41) is 2.95. The third-order valence-corrected chi connectivity index (χ3v) is 6.70. The number of rotatable bonds is 4. The topological polar surface area (TPSA) is 69.7 Å². The summed E-state index contributed by atoms with van der Waals surface area (Å²) in [7, 11) is 0. The summed E-state index contributed by atoms with van der Waals surface area (Å²) < 4.78 is 0. The SMILES string of the molecule is O=C1N[C@]2(CCCc3ccccc32)C(=O)N1CC(=O)N(C1=CCCCC1)C1CC1. The lowest BCUT2D eigenvalue weighted by Crippen LogP contribution is -2.47. The van der Waals surface area contributed by atoms with E-state index in [1.165, 1.54) is 0 Å². The number of allylic oxidation sites excluding steroid dienone is 2. The summed E-state index contributed by atoms with van der Waals surface area (Å²) in [4.78, 5) is 42.4. The number of carbonyl (C=O) groups is 3. The van der Waals surface area contributed by atoms with Gasteiger partial charge < -0.3 is 10.2 Å². The minimum Gasteiger partial charge on any atom is -0.319 e. The average Bonchev–Trinajstić information content (AvgIpc) is 3.54. The van der Waals surface area contributed by atoms with E-state index in [2.05, 4.69) is 11.4 Å². The van der Waals surface area contributed by atoms with Crippen molar-refractivity contribution < 1.29 is 14.4 Å². The van der Waals surface area contributed by atoms with Gasteiger partial charge in [-0.1, -0.05) is 30.3 Å². The number of fused-ring (bicyclic) bond motifs is 2. The monoisotopic (exact) mass is 393 g/mol. The number of nitrogens with one attached hydrogen (secondary N) is 1. The molecule has 1 atom stereocenters. The second kappa shape index (κ2) is 7.01. The number of nitrogens with zero attached hydrogens (tertiary/aromatic N) is 2. The molecule has 1 saturated carbocycles. The van der Waals surface area contributed by atoms with Crippen molar-refractivity contribution in [3.8, 4) is 0 Å². The van der Waals surface area contributed by atoms with Crippen LogP contribution in [-0.4, -0.2) is 40.2 Å². The molecule has 6 nitrogen and oxygen atoms in total. The van der Waals surface area contributed by atoms with Crippen molar-refractivity contribution in [1.29, 1.82) is 0 Å². The fourth-order valence-electron chi connectivity index (χ4n) is 5.14. The molecule has 6 heteroatoms. The Labute approximate surface area is 170 Å². The van der Waals surface area contributed by atoms with Gasteiger partial charge in [-0.3, -0.25) is 14.5 Å². The second-order valence-electron chi connectivity index (χ2n) is 8.67. The first-order valence-corrected chi connectivity index (χ1v) is 10.8. The van der Waals surface area contributed by atoms with Crippen molar-refractivity contribution in [2.45, 2.75) is 69.4 Å². The van der Waals surface area contributed by atoms with Gasteiger partial charge in [0, 0.05) is 11.7 Å². The maximum atomic E-state index is 13.4. The van der Waals surface area contributed by atoms with Crippen molar-refractivity contribution in [3.63, 3.8) is 0 Å². The van der Waals surface area contributed by atoms with Crippen LogP contribution in [0.25, 0.3) is 0 Å². The van der Waals surface area contributed by atoms with Gasteiger partial charge in [-0.2, -0.15) is 0 Å². The van der Waals surface area contributed by atoms with Gasteiger partial charge in [0.25, 0.3) is 5.91 Å². The Bertz CT molecular complexity index is 904. The van der Waals surface area contributed by atoms with E-state index in [4.69, 9.17) is 0 Å². The molecule has 4 amide bonds. The van der Waals surface area contributed by atoms with Gasteiger partial charge in [0.05, 0.1) is 0 Å². The molecule has 0 unspecified atom stereocenters. The quantitative estimate of drug-likeness (QED) is 0.799. The molecule has 152 valence electrons. The number of urea groups is 1. The van der Waals surface area contributed by atoms with Crippen LogP contribution in [0.4, 0.5) is 4.79 Å². The number of hydrogen-bond acceptors (Lipinski definition) is 3. The average molecular weight is 393 g/mol. The molecule has 1 heterocycles. The first kappa shape index (κ1) is 18.4. The predicted molar refractivity (Wildman–Crippen MR) is 108 cm³/mol. The minimum absolute atomic E-state index is 0.134. The summed E-state index contributed by atoms with van der Waals surface area (Å²) >= 11 is 0. The molecule has 0 radical (unpaired) electrons. The summed E-state index contributed by atoms with van der Waals surface area (Å²) in [6, 6.07) is 7.61. The Hall–Kier alpha value is -2.63. The molecule has 1 aliphatic heterocycles. The van der Waals surface area contributed by atoms with Gasteiger partial charge >= 0.3 is 6.03 Å². The zero-order valence-corrected chi connectivity index (χ0v) is 16.7. The lowest BCUT2D eigenvalue weighted by Gasteiger charge is -2.33. The van der Waals surface area contributed by atoms with E-state index in [0.29, 0.717) is 6.42 Å². The van der Waals surface area contributed by atoms with Crippen molar-refractivity contribution >= 4 is 17.8 Å². The number of benzene rings is 1. The van der Waals surface area contributed by atoms with E-state index in [9.17, 15) is 14.4 Å². The molecular formula is C23H27N3O3. The highest BCUT2D eigenvalue weighted by Gasteiger charge is 2.54. The van der Waals surface area contributed by atoms with E-state index >= 15 is 0 Å². The zero-order chi connectivity index (χ0) is 20.0. The van der Waals surface area contributed by atoms with E-state index < -0.39 is 11.6 Å². The summed E-state index contributed by atoms with van der Waals surface area (Å²) in [6.07, 6.45) is 10.6. The van der Waals surface area contributed by atoms with E-state index in [-0.39, 0.29) is 24.4 Å². The molecule has 2 fully saturated rings. The van der Waals surface area contributed by atoms with Crippen molar-refractivity contribution in [2.75, 3.05) is 6.54 Å². The molecule has 0 aromatic heterocycles. The Morgan fingerprint density at radius 2 is 1.97 bits per heavy atom. The maximum absolute atomic E-state index is 13.4. The number of amides is 4. The van der Waals surface area contributed by atoms with Crippen LogP contribution < -0.4 is 5.32 Å². The molecule has 5 rings (SSSR count). The van der Waals surface area contributed by atoms with Gasteiger partial charge in [-0.05, 0) is 68.9 Å². The van der Waals surface area contributed by atoms with Gasteiger partial charge in [-0.25, -0.2) is 4.79 Å². The molecule has 0 bridgehead atoms. The molecule has 3 aliphatic carbocycles. The van der Waals surface area contributed by atoms with Crippen molar-refractivity contribution in [3.05, 3.63) is 47.2 Å². The molecule has 4 aliphatic rings. The Balaban J connectivity index is 1.40. The van der Waals surface area contributed by atoms with Gasteiger partial charge in [0.2, 0.25) is 5.91 Å². The van der Waals surface area contributed by atoms with Crippen LogP contribution in [0.15, 0.2) is 36.0 Å². The second-order valence-corrected chi connectivity index (χ2v) is 8.67. The van der Waals surface area contributed by atoms with Crippen LogP contribution in [0.1, 0.15) is 62.5 Å². The minimum atomic E-state index is -1.01. The van der Waals surface area contributed by atoms with Crippen LogP contribution in [-0.2, 0) is 21.5 Å². The first-order valence-electron chi connectivity index (χ1n) is 10.8. The molecule has 1 aromatic rings. The predicted octanol–water partition coefficient (Wildman–Crippen LogP) is 3.22. The fourth-order valence-corrected chi connectivity index (χ4v) is 5.14. The van der Waals surface area contributed by atoms with Crippen LogP contribution >= 0.6 is 0 Å². The highest BCUT2D eigenvalue weighted by atomic mass is 16.2. The van der Waals surface area contributed by atoms with Crippen molar-refractivity contribution in [1.82, 2.24) is 15.1 Å². The third-order valence-electron chi connectivity index (χ3n) is 6.70. The maximum Gasteiger partial charge on any atom is 0.325 e. The van der Waals surface area contributed by atoms with Crippen LogP contribution in [0.3, 0.4) is 0 Å². The number of aryl methyl sites for hydroxylation is 1. The molecular weight excluding hydrogens is 366 g/mol. The lowest BCUT2D eigenvalue weighted by atomic mass is 9.76. The van der Waals surface area contributed by atoms with Gasteiger partial charge in [0.1, 0.15) is 12.1 Å². The number of hydrogen-bond donors (Lipinski definition) is 1. The largest absolute Gasteiger partial charge is 0.325 e. The van der Waals surface area contributed by atoms with Crippen LogP contribution in [0.2, 0.25) is 0 Å². The van der Waals surface area contributed by atoms with E-state index in [1.54, 1.807) is 0 Å². The zero-order valence-electron chi connectivity index (χ0n) is 16.7. The third kappa shape index (κ3) is 3.05. The Kier molecular flexibility index (Phi) is 4.45. The number of imide groups is 1. The highest BCUT2D eigenvalue weighted by Crippen LogP contribution is 2.40. The number of carbonyl (C=O) groups excluding carboxylic acids is 3. The summed E-state index contributed by atoms with van der Waals surface area (Å²) in [5.74, 6) is -0.415. The van der Waals surface area contributed by atoms with Crippen LogP contribution in [0, 0.1) is 0 Å².